The van der Waals surface area contributed by atoms with Gasteiger partial charge in [0, 0.05) is 28.9 Å². The molecule has 0 N–H and O–H groups in total. The van der Waals surface area contributed by atoms with Gasteiger partial charge in [-0.05, 0) is 30.7 Å². The summed E-state index contributed by atoms with van der Waals surface area (Å²) < 4.78 is 2.26. The average molecular weight is 258 g/mol. The summed E-state index contributed by atoms with van der Waals surface area (Å²) in [6.45, 7) is 2.14. The Kier molecular flexibility index (Phi) is 2.36. The zero-order chi connectivity index (χ0) is 13.5. The SMILES string of the molecule is Cc1ccccc1-n1ccc2cnc3ccccc3c21. The minimum Gasteiger partial charge on any atom is -0.316 e. The molecule has 0 fully saturated rings. The third-order valence-corrected chi connectivity index (χ3v) is 3.79. The first-order valence-corrected chi connectivity index (χ1v) is 6.75. The Balaban J connectivity index is 2.16. The molecule has 0 unspecified atom stereocenters. The number of pyridine rings is 1. The smallest absolute Gasteiger partial charge is 0.0723 e. The van der Waals surface area contributed by atoms with Gasteiger partial charge < -0.3 is 4.57 Å². The van der Waals surface area contributed by atoms with Crippen molar-refractivity contribution < 1.29 is 0 Å². The van der Waals surface area contributed by atoms with Crippen LogP contribution in [-0.2, 0) is 0 Å². The van der Waals surface area contributed by atoms with Crippen LogP contribution >= 0.6 is 0 Å². The largest absolute Gasteiger partial charge is 0.316 e. The number of para-hydroxylation sites is 2. The van der Waals surface area contributed by atoms with E-state index >= 15 is 0 Å². The van der Waals surface area contributed by atoms with Crippen LogP contribution < -0.4 is 0 Å². The third-order valence-electron chi connectivity index (χ3n) is 3.79. The molecule has 0 spiro atoms. The number of benzene rings is 2. The predicted molar refractivity (Wildman–Crippen MR) is 83.3 cm³/mol. The van der Waals surface area contributed by atoms with Crippen molar-refractivity contribution in [2.24, 2.45) is 0 Å². The number of aryl methyl sites for hydroxylation is 1. The molecule has 0 aliphatic rings. The second-order valence-corrected chi connectivity index (χ2v) is 5.05. The quantitative estimate of drug-likeness (QED) is 0.492. The van der Waals surface area contributed by atoms with Crippen molar-refractivity contribution in [2.75, 3.05) is 0 Å². The molecule has 0 amide bonds. The van der Waals surface area contributed by atoms with E-state index in [1.54, 1.807) is 0 Å². The lowest BCUT2D eigenvalue weighted by atomic mass is 10.1. The molecule has 4 aromatic rings. The Hall–Kier alpha value is -2.61. The fourth-order valence-corrected chi connectivity index (χ4v) is 2.80. The maximum atomic E-state index is 4.53. The fourth-order valence-electron chi connectivity index (χ4n) is 2.80. The van der Waals surface area contributed by atoms with Crippen molar-refractivity contribution in [1.29, 1.82) is 0 Å². The van der Waals surface area contributed by atoms with E-state index < -0.39 is 0 Å². The predicted octanol–water partition coefficient (Wildman–Crippen LogP) is 4.49. The van der Waals surface area contributed by atoms with Crippen molar-refractivity contribution in [3.05, 3.63) is 72.6 Å². The highest BCUT2D eigenvalue weighted by Crippen LogP contribution is 2.28. The minimum atomic E-state index is 1.04. The van der Waals surface area contributed by atoms with Crippen LogP contribution in [0.1, 0.15) is 5.56 Å². The number of fused-ring (bicyclic) bond motifs is 3. The second kappa shape index (κ2) is 4.20. The first kappa shape index (κ1) is 11.2. The standard InChI is InChI=1S/C18H14N2/c1-13-6-2-5-9-17(13)20-11-10-14-12-19-16-8-4-3-7-15(16)18(14)20/h2-12H,1H3. The van der Waals surface area contributed by atoms with Crippen molar-refractivity contribution >= 4 is 21.8 Å². The van der Waals surface area contributed by atoms with E-state index in [-0.39, 0.29) is 0 Å². The van der Waals surface area contributed by atoms with Crippen molar-refractivity contribution in [2.45, 2.75) is 6.92 Å². The first-order valence-electron chi connectivity index (χ1n) is 6.75. The van der Waals surface area contributed by atoms with E-state index in [9.17, 15) is 0 Å². The molecule has 4 rings (SSSR count). The number of nitrogens with zero attached hydrogens (tertiary/aromatic N) is 2. The molecule has 2 nitrogen and oxygen atoms in total. The maximum absolute atomic E-state index is 4.53. The first-order chi connectivity index (χ1) is 9.84. The van der Waals surface area contributed by atoms with Gasteiger partial charge in [-0.3, -0.25) is 4.98 Å². The summed E-state index contributed by atoms with van der Waals surface area (Å²) in [5, 5.41) is 2.37. The maximum Gasteiger partial charge on any atom is 0.0723 e. The molecule has 96 valence electrons. The van der Waals surface area contributed by atoms with Crippen LogP contribution in [-0.4, -0.2) is 9.55 Å². The molecule has 0 aliphatic heterocycles. The second-order valence-electron chi connectivity index (χ2n) is 5.05. The summed E-state index contributed by atoms with van der Waals surface area (Å²) >= 11 is 0. The Labute approximate surface area is 117 Å². The van der Waals surface area contributed by atoms with E-state index in [4.69, 9.17) is 0 Å². The molecular formula is C18H14N2. The van der Waals surface area contributed by atoms with Gasteiger partial charge in [-0.15, -0.1) is 0 Å². The van der Waals surface area contributed by atoms with Crippen LogP contribution in [0.4, 0.5) is 0 Å². The van der Waals surface area contributed by atoms with E-state index in [1.165, 1.54) is 27.5 Å². The van der Waals surface area contributed by atoms with Gasteiger partial charge in [0.2, 0.25) is 0 Å². The van der Waals surface area contributed by atoms with Crippen LogP contribution in [0.25, 0.3) is 27.5 Å². The molecule has 0 aliphatic carbocycles. The molecule has 0 bridgehead atoms. The summed E-state index contributed by atoms with van der Waals surface area (Å²) in [4.78, 5) is 4.53. The van der Waals surface area contributed by atoms with E-state index in [2.05, 4.69) is 71.2 Å². The minimum absolute atomic E-state index is 1.04. The van der Waals surface area contributed by atoms with E-state index in [0.717, 1.165) is 5.52 Å². The van der Waals surface area contributed by atoms with Crippen molar-refractivity contribution in [3.63, 3.8) is 0 Å². The lowest BCUT2D eigenvalue weighted by Crippen LogP contribution is -1.95. The number of rotatable bonds is 1. The van der Waals surface area contributed by atoms with Gasteiger partial charge in [0.05, 0.1) is 11.0 Å². The average Bonchev–Trinajstić information content (AvgIpc) is 2.92. The van der Waals surface area contributed by atoms with Gasteiger partial charge >= 0.3 is 0 Å². The number of hydrogen-bond acceptors (Lipinski definition) is 1. The topological polar surface area (TPSA) is 17.8 Å². The summed E-state index contributed by atoms with van der Waals surface area (Å²) in [5.41, 5.74) is 4.75. The number of aromatic nitrogens is 2. The van der Waals surface area contributed by atoms with Gasteiger partial charge in [-0.25, -0.2) is 0 Å². The summed E-state index contributed by atoms with van der Waals surface area (Å²) in [6.07, 6.45) is 4.08. The van der Waals surface area contributed by atoms with Crippen molar-refractivity contribution in [3.8, 4) is 5.69 Å². The Bertz CT molecular complexity index is 919. The summed E-state index contributed by atoms with van der Waals surface area (Å²) in [6, 6.07) is 18.9. The van der Waals surface area contributed by atoms with Crippen LogP contribution in [0, 0.1) is 6.92 Å². The highest BCUT2D eigenvalue weighted by Gasteiger charge is 2.09. The Morgan fingerprint density at radius 2 is 1.70 bits per heavy atom. The Morgan fingerprint density at radius 3 is 2.60 bits per heavy atom. The molecule has 0 saturated heterocycles. The molecular weight excluding hydrogens is 244 g/mol. The Morgan fingerprint density at radius 1 is 0.900 bits per heavy atom. The molecule has 2 heterocycles. The third kappa shape index (κ3) is 1.55. The van der Waals surface area contributed by atoms with Gasteiger partial charge in [0.1, 0.15) is 0 Å². The molecule has 0 radical (unpaired) electrons. The zero-order valence-electron chi connectivity index (χ0n) is 11.2. The zero-order valence-corrected chi connectivity index (χ0v) is 11.2. The molecule has 0 atom stereocenters. The normalized spacial score (nSPS) is 11.2. The van der Waals surface area contributed by atoms with E-state index in [1.807, 2.05) is 12.3 Å². The van der Waals surface area contributed by atoms with Gasteiger partial charge in [-0.2, -0.15) is 0 Å². The van der Waals surface area contributed by atoms with Gasteiger partial charge in [-0.1, -0.05) is 36.4 Å². The van der Waals surface area contributed by atoms with Gasteiger partial charge in [0.25, 0.3) is 0 Å². The van der Waals surface area contributed by atoms with Crippen molar-refractivity contribution in [1.82, 2.24) is 9.55 Å². The molecule has 2 aromatic heterocycles. The summed E-state index contributed by atoms with van der Waals surface area (Å²) in [5.74, 6) is 0. The lowest BCUT2D eigenvalue weighted by molar-refractivity contribution is 1.11. The molecule has 2 heteroatoms. The molecule has 20 heavy (non-hydrogen) atoms. The molecule has 2 aromatic carbocycles. The highest BCUT2D eigenvalue weighted by atomic mass is 15.0. The van der Waals surface area contributed by atoms with Crippen LogP contribution in [0.5, 0.6) is 0 Å². The highest BCUT2D eigenvalue weighted by molar-refractivity contribution is 6.04. The summed E-state index contributed by atoms with van der Waals surface area (Å²) in [7, 11) is 0. The monoisotopic (exact) mass is 258 g/mol. The van der Waals surface area contributed by atoms with Gasteiger partial charge in [0.15, 0.2) is 0 Å². The van der Waals surface area contributed by atoms with Crippen LogP contribution in [0.15, 0.2) is 67.0 Å². The van der Waals surface area contributed by atoms with Crippen LogP contribution in [0.3, 0.4) is 0 Å². The number of hydrogen-bond donors (Lipinski definition) is 0. The molecule has 0 saturated carbocycles. The fraction of sp³-hybridized carbons (Fsp3) is 0.0556. The lowest BCUT2D eigenvalue weighted by Gasteiger charge is -2.10. The van der Waals surface area contributed by atoms with Crippen LogP contribution in [0.2, 0.25) is 0 Å². The van der Waals surface area contributed by atoms with E-state index in [0.29, 0.717) is 0 Å².